The quantitative estimate of drug-likeness (QED) is 0.625. The molecule has 0 spiro atoms. The normalized spacial score (nSPS) is 15.6. The summed E-state index contributed by atoms with van der Waals surface area (Å²) < 4.78 is 5.48. The van der Waals surface area contributed by atoms with Crippen LogP contribution in [-0.4, -0.2) is 34.6 Å². The smallest absolute Gasteiger partial charge is 0.408 e. The van der Waals surface area contributed by atoms with Crippen molar-refractivity contribution in [2.24, 2.45) is 0 Å². The van der Waals surface area contributed by atoms with Crippen LogP contribution in [0, 0.1) is 0 Å². The number of benzene rings is 2. The Balaban J connectivity index is 1.85. The molecular weight excluding hydrogens is 400 g/mol. The summed E-state index contributed by atoms with van der Waals surface area (Å²) in [6.45, 7) is 6.02. The van der Waals surface area contributed by atoms with Gasteiger partial charge in [-0.25, -0.2) is 4.79 Å². The van der Waals surface area contributed by atoms with E-state index in [1.807, 2.05) is 74.2 Å². The molecule has 0 heterocycles. The van der Waals surface area contributed by atoms with Gasteiger partial charge in [0, 0.05) is 19.0 Å². The lowest BCUT2D eigenvalue weighted by atomic mass is 9.92. The summed E-state index contributed by atoms with van der Waals surface area (Å²) in [4.78, 5) is 28.5. The van der Waals surface area contributed by atoms with E-state index in [0.29, 0.717) is 13.0 Å². The van der Waals surface area contributed by atoms with Gasteiger partial charge in [0.2, 0.25) is 5.91 Å². The molecule has 2 aromatic carbocycles. The van der Waals surface area contributed by atoms with Crippen molar-refractivity contribution in [3.8, 4) is 0 Å². The summed E-state index contributed by atoms with van der Waals surface area (Å²) >= 11 is 0. The topological polar surface area (TPSA) is 58.6 Å². The summed E-state index contributed by atoms with van der Waals surface area (Å²) in [6, 6.07) is 19.4. The molecule has 1 aliphatic rings. The molecule has 0 bridgehead atoms. The predicted molar refractivity (Wildman–Crippen MR) is 127 cm³/mol. The zero-order valence-electron chi connectivity index (χ0n) is 19.5. The van der Waals surface area contributed by atoms with Gasteiger partial charge in [0.05, 0.1) is 0 Å². The molecule has 1 saturated carbocycles. The standard InChI is InChI=1S/C27H36N2O3/c1-27(2,3)32-26(31)28-24(19-21-13-7-4-8-14-21)25(30)29(23-17-11-6-12-18-23)20-22-15-9-5-10-16-22/h4-5,7-10,13-16,23-24H,6,11-12,17-20H2,1-3H3,(H,28,31). The van der Waals surface area contributed by atoms with Gasteiger partial charge < -0.3 is 15.0 Å². The van der Waals surface area contributed by atoms with Crippen molar-refractivity contribution in [2.75, 3.05) is 0 Å². The minimum absolute atomic E-state index is 0.0459. The number of carbonyl (C=O) groups excluding carboxylic acids is 2. The van der Waals surface area contributed by atoms with Crippen LogP contribution in [0.5, 0.6) is 0 Å². The van der Waals surface area contributed by atoms with Crippen molar-refractivity contribution in [1.29, 1.82) is 0 Å². The number of ether oxygens (including phenoxy) is 1. The minimum Gasteiger partial charge on any atom is -0.444 e. The van der Waals surface area contributed by atoms with Crippen LogP contribution in [0.1, 0.15) is 64.0 Å². The molecular formula is C27H36N2O3. The maximum absolute atomic E-state index is 13.9. The van der Waals surface area contributed by atoms with Gasteiger partial charge in [-0.05, 0) is 44.7 Å². The third-order valence-electron chi connectivity index (χ3n) is 5.77. The van der Waals surface area contributed by atoms with Gasteiger partial charge in [0.15, 0.2) is 0 Å². The van der Waals surface area contributed by atoms with Crippen LogP contribution in [0.4, 0.5) is 4.79 Å². The first-order valence-corrected chi connectivity index (χ1v) is 11.7. The Bertz CT molecular complexity index is 855. The molecule has 0 saturated heterocycles. The average Bonchev–Trinajstić information content (AvgIpc) is 2.77. The van der Waals surface area contributed by atoms with E-state index in [-0.39, 0.29) is 11.9 Å². The first-order chi connectivity index (χ1) is 15.3. The molecule has 0 aromatic heterocycles. The van der Waals surface area contributed by atoms with Crippen molar-refractivity contribution in [3.05, 3.63) is 71.8 Å². The van der Waals surface area contributed by atoms with Crippen LogP contribution in [0.15, 0.2) is 60.7 Å². The molecule has 3 rings (SSSR count). The van der Waals surface area contributed by atoms with Gasteiger partial charge in [-0.3, -0.25) is 4.79 Å². The second kappa shape index (κ2) is 11.2. The molecule has 1 atom stereocenters. The molecule has 0 radical (unpaired) electrons. The highest BCUT2D eigenvalue weighted by Gasteiger charge is 2.32. The van der Waals surface area contributed by atoms with Crippen LogP contribution in [0.3, 0.4) is 0 Å². The summed E-state index contributed by atoms with van der Waals surface area (Å²) in [5.74, 6) is -0.0459. The zero-order valence-corrected chi connectivity index (χ0v) is 19.5. The van der Waals surface area contributed by atoms with Crippen LogP contribution in [0.2, 0.25) is 0 Å². The van der Waals surface area contributed by atoms with Crippen molar-refractivity contribution in [2.45, 2.75) is 83.5 Å². The highest BCUT2D eigenvalue weighted by atomic mass is 16.6. The molecule has 5 heteroatoms. The molecule has 1 N–H and O–H groups in total. The third-order valence-corrected chi connectivity index (χ3v) is 5.77. The average molecular weight is 437 g/mol. The second-order valence-electron chi connectivity index (χ2n) is 9.63. The first kappa shape index (κ1) is 23.8. The Morgan fingerprint density at radius 2 is 1.50 bits per heavy atom. The number of amides is 2. The van der Waals surface area contributed by atoms with Crippen LogP contribution in [0.25, 0.3) is 0 Å². The van der Waals surface area contributed by atoms with E-state index in [2.05, 4.69) is 17.4 Å². The highest BCUT2D eigenvalue weighted by molar-refractivity contribution is 5.86. The van der Waals surface area contributed by atoms with E-state index < -0.39 is 17.7 Å². The fourth-order valence-corrected chi connectivity index (χ4v) is 4.26. The van der Waals surface area contributed by atoms with E-state index in [9.17, 15) is 9.59 Å². The zero-order chi connectivity index (χ0) is 23.0. The van der Waals surface area contributed by atoms with Gasteiger partial charge in [-0.2, -0.15) is 0 Å². The van der Waals surface area contributed by atoms with Crippen molar-refractivity contribution in [3.63, 3.8) is 0 Å². The maximum Gasteiger partial charge on any atom is 0.408 e. The van der Waals surface area contributed by atoms with Crippen molar-refractivity contribution in [1.82, 2.24) is 10.2 Å². The van der Waals surface area contributed by atoms with Crippen molar-refractivity contribution >= 4 is 12.0 Å². The first-order valence-electron chi connectivity index (χ1n) is 11.7. The molecule has 2 amide bonds. The third kappa shape index (κ3) is 7.40. The van der Waals surface area contributed by atoms with E-state index in [1.54, 1.807) is 0 Å². The molecule has 2 aromatic rings. The lowest BCUT2D eigenvalue weighted by Crippen LogP contribution is -2.53. The lowest BCUT2D eigenvalue weighted by molar-refractivity contribution is -0.137. The number of rotatable bonds is 7. The molecule has 172 valence electrons. The van der Waals surface area contributed by atoms with Crippen LogP contribution in [-0.2, 0) is 22.5 Å². The Hall–Kier alpha value is -2.82. The second-order valence-corrected chi connectivity index (χ2v) is 9.63. The summed E-state index contributed by atoms with van der Waals surface area (Å²) in [7, 11) is 0. The van der Waals surface area contributed by atoms with E-state index >= 15 is 0 Å². The van der Waals surface area contributed by atoms with Gasteiger partial charge in [-0.15, -0.1) is 0 Å². The fourth-order valence-electron chi connectivity index (χ4n) is 4.26. The number of hydrogen-bond donors (Lipinski definition) is 1. The Labute approximate surface area is 192 Å². The summed E-state index contributed by atoms with van der Waals surface area (Å²) in [5, 5.41) is 2.87. The van der Waals surface area contributed by atoms with Gasteiger partial charge in [0.1, 0.15) is 11.6 Å². The van der Waals surface area contributed by atoms with E-state index in [0.717, 1.165) is 36.8 Å². The number of carbonyl (C=O) groups is 2. The number of hydrogen-bond acceptors (Lipinski definition) is 3. The van der Waals surface area contributed by atoms with Crippen LogP contribution >= 0.6 is 0 Å². The van der Waals surface area contributed by atoms with Gasteiger partial charge in [-0.1, -0.05) is 79.9 Å². The molecule has 1 aliphatic carbocycles. The molecule has 1 unspecified atom stereocenters. The number of nitrogens with zero attached hydrogens (tertiary/aromatic N) is 1. The fraction of sp³-hybridized carbons (Fsp3) is 0.481. The minimum atomic E-state index is -0.683. The summed E-state index contributed by atoms with van der Waals surface area (Å²) in [5.41, 5.74) is 1.48. The monoisotopic (exact) mass is 436 g/mol. The predicted octanol–water partition coefficient (Wildman–Crippen LogP) is 5.48. The Kier molecular flexibility index (Phi) is 8.32. The largest absolute Gasteiger partial charge is 0.444 e. The molecule has 0 aliphatic heterocycles. The van der Waals surface area contributed by atoms with Gasteiger partial charge in [0.25, 0.3) is 0 Å². The van der Waals surface area contributed by atoms with Gasteiger partial charge >= 0.3 is 6.09 Å². The SMILES string of the molecule is CC(C)(C)OC(=O)NC(Cc1ccccc1)C(=O)N(Cc1ccccc1)C1CCCCC1. The van der Waals surface area contributed by atoms with Crippen LogP contribution < -0.4 is 5.32 Å². The lowest BCUT2D eigenvalue weighted by Gasteiger charge is -2.37. The Morgan fingerprint density at radius 3 is 2.06 bits per heavy atom. The molecule has 5 nitrogen and oxygen atoms in total. The number of alkyl carbamates (subject to hydrolysis) is 1. The molecule has 1 fully saturated rings. The van der Waals surface area contributed by atoms with Crippen molar-refractivity contribution < 1.29 is 14.3 Å². The van der Waals surface area contributed by atoms with E-state index in [4.69, 9.17) is 4.74 Å². The summed E-state index contributed by atoms with van der Waals surface area (Å²) in [6.07, 6.45) is 5.35. The Morgan fingerprint density at radius 1 is 0.938 bits per heavy atom. The maximum atomic E-state index is 13.9. The molecule has 32 heavy (non-hydrogen) atoms. The van der Waals surface area contributed by atoms with E-state index in [1.165, 1.54) is 6.42 Å². The number of nitrogens with one attached hydrogen (secondary N) is 1. The highest BCUT2D eigenvalue weighted by Crippen LogP contribution is 2.25.